The molecule has 110 valence electrons. The Balaban J connectivity index is 4.22. The highest BCUT2D eigenvalue weighted by atomic mass is 15.2. The zero-order valence-electron chi connectivity index (χ0n) is 13.6. The summed E-state index contributed by atoms with van der Waals surface area (Å²) in [6.07, 6.45) is 6.33. The average Bonchev–Trinajstić information content (AvgIpc) is 2.39. The minimum atomic E-state index is 0.645. The molecule has 0 aromatic rings. The van der Waals surface area contributed by atoms with Crippen LogP contribution in [0.1, 0.15) is 73.6 Å². The zero-order valence-corrected chi connectivity index (χ0v) is 13.6. The maximum atomic E-state index is 3.71. The summed E-state index contributed by atoms with van der Waals surface area (Å²) in [6.45, 7) is 16.2. The molecule has 18 heavy (non-hydrogen) atoms. The molecule has 0 amide bonds. The van der Waals surface area contributed by atoms with E-state index in [1.54, 1.807) is 0 Å². The molecule has 0 aliphatic carbocycles. The number of rotatable bonds is 11. The smallest absolute Gasteiger partial charge is 0.0195 e. The molecule has 2 atom stereocenters. The summed E-state index contributed by atoms with van der Waals surface area (Å²) in [4.78, 5) is 2.68. The predicted molar refractivity (Wildman–Crippen MR) is 83.2 cm³/mol. The molecule has 2 unspecified atom stereocenters. The van der Waals surface area contributed by atoms with Gasteiger partial charge in [0.1, 0.15) is 0 Å². The lowest BCUT2D eigenvalue weighted by Crippen LogP contribution is -2.47. The van der Waals surface area contributed by atoms with Crippen LogP contribution in [0.15, 0.2) is 0 Å². The van der Waals surface area contributed by atoms with Gasteiger partial charge < -0.3 is 5.32 Å². The lowest BCUT2D eigenvalue weighted by molar-refractivity contribution is 0.142. The molecule has 1 N–H and O–H groups in total. The van der Waals surface area contributed by atoms with E-state index in [4.69, 9.17) is 0 Å². The van der Waals surface area contributed by atoms with E-state index < -0.39 is 0 Å². The van der Waals surface area contributed by atoms with Crippen LogP contribution in [0.25, 0.3) is 0 Å². The first-order valence-corrected chi connectivity index (χ1v) is 8.09. The van der Waals surface area contributed by atoms with Crippen LogP contribution in [-0.4, -0.2) is 36.1 Å². The summed E-state index contributed by atoms with van der Waals surface area (Å²) in [6, 6.07) is 2.04. The molecule has 0 rings (SSSR count). The van der Waals surface area contributed by atoms with Crippen molar-refractivity contribution >= 4 is 0 Å². The Labute approximate surface area is 116 Å². The van der Waals surface area contributed by atoms with E-state index in [0.717, 1.165) is 6.54 Å². The molecule has 0 spiro atoms. The molecule has 0 heterocycles. The number of nitrogens with one attached hydrogen (secondary N) is 1. The Morgan fingerprint density at radius 3 is 1.94 bits per heavy atom. The molecule has 0 aromatic carbocycles. The highest BCUT2D eigenvalue weighted by Crippen LogP contribution is 2.11. The Bertz CT molecular complexity index is 178. The normalized spacial score (nSPS) is 15.3. The van der Waals surface area contributed by atoms with Crippen molar-refractivity contribution < 1.29 is 0 Å². The molecular weight excluding hydrogens is 220 g/mol. The molecule has 0 saturated heterocycles. The summed E-state index contributed by atoms with van der Waals surface area (Å²) in [5.41, 5.74) is 0. The molecule has 0 radical (unpaired) electrons. The van der Waals surface area contributed by atoms with Crippen LogP contribution in [0, 0.1) is 0 Å². The van der Waals surface area contributed by atoms with E-state index in [9.17, 15) is 0 Å². The van der Waals surface area contributed by atoms with E-state index in [0.29, 0.717) is 18.1 Å². The van der Waals surface area contributed by atoms with Crippen LogP contribution in [0.2, 0.25) is 0 Å². The van der Waals surface area contributed by atoms with Gasteiger partial charge in [0, 0.05) is 24.7 Å². The van der Waals surface area contributed by atoms with Gasteiger partial charge >= 0.3 is 0 Å². The van der Waals surface area contributed by atoms with Crippen molar-refractivity contribution in [3.8, 4) is 0 Å². The molecule has 0 aromatic heterocycles. The molecule has 0 fully saturated rings. The fourth-order valence-corrected chi connectivity index (χ4v) is 2.48. The van der Waals surface area contributed by atoms with Gasteiger partial charge in [0.05, 0.1) is 0 Å². The second-order valence-electron chi connectivity index (χ2n) is 5.62. The summed E-state index contributed by atoms with van der Waals surface area (Å²) in [7, 11) is 0. The van der Waals surface area contributed by atoms with E-state index in [1.165, 1.54) is 38.6 Å². The van der Waals surface area contributed by atoms with Crippen molar-refractivity contribution in [3.63, 3.8) is 0 Å². The lowest BCUT2D eigenvalue weighted by atomic mass is 10.1. The number of nitrogens with zero attached hydrogens (tertiary/aromatic N) is 1. The SMILES string of the molecule is CCCCN(C(C)CC)C(C)CNC(CC)CC. The summed E-state index contributed by atoms with van der Waals surface area (Å²) in [5, 5.41) is 3.71. The summed E-state index contributed by atoms with van der Waals surface area (Å²) < 4.78 is 0. The number of unbranched alkanes of at least 4 members (excludes halogenated alkanes) is 1. The van der Waals surface area contributed by atoms with Crippen molar-refractivity contribution in [2.24, 2.45) is 0 Å². The highest BCUT2D eigenvalue weighted by molar-refractivity contribution is 4.76. The standard InChI is InChI=1S/C16H36N2/c1-7-11-12-18(14(5)8-2)15(6)13-17-16(9-3)10-4/h14-17H,7-13H2,1-6H3. The van der Waals surface area contributed by atoms with Crippen LogP contribution < -0.4 is 5.32 Å². The van der Waals surface area contributed by atoms with Gasteiger partial charge in [-0.05, 0) is 46.1 Å². The van der Waals surface area contributed by atoms with Gasteiger partial charge in [-0.3, -0.25) is 4.90 Å². The van der Waals surface area contributed by atoms with Crippen molar-refractivity contribution in [1.82, 2.24) is 10.2 Å². The summed E-state index contributed by atoms with van der Waals surface area (Å²) in [5.74, 6) is 0. The quantitative estimate of drug-likeness (QED) is 0.600. The fourth-order valence-electron chi connectivity index (χ4n) is 2.48. The van der Waals surface area contributed by atoms with E-state index in [1.807, 2.05) is 0 Å². The minimum Gasteiger partial charge on any atom is -0.312 e. The first kappa shape index (κ1) is 17.9. The first-order chi connectivity index (χ1) is 8.60. The van der Waals surface area contributed by atoms with Gasteiger partial charge in [-0.15, -0.1) is 0 Å². The third-order valence-electron chi connectivity index (χ3n) is 4.18. The maximum absolute atomic E-state index is 3.71. The van der Waals surface area contributed by atoms with Crippen molar-refractivity contribution in [2.75, 3.05) is 13.1 Å². The van der Waals surface area contributed by atoms with Crippen LogP contribution in [-0.2, 0) is 0 Å². The van der Waals surface area contributed by atoms with Crippen LogP contribution in [0.5, 0.6) is 0 Å². The van der Waals surface area contributed by atoms with Gasteiger partial charge in [0.25, 0.3) is 0 Å². The Hall–Kier alpha value is -0.0800. The van der Waals surface area contributed by atoms with Gasteiger partial charge in [0.15, 0.2) is 0 Å². The molecular formula is C16H36N2. The third kappa shape index (κ3) is 6.75. The first-order valence-electron chi connectivity index (χ1n) is 8.09. The minimum absolute atomic E-state index is 0.645. The van der Waals surface area contributed by atoms with Gasteiger partial charge in [0.2, 0.25) is 0 Å². The van der Waals surface area contributed by atoms with E-state index >= 15 is 0 Å². The van der Waals surface area contributed by atoms with Gasteiger partial charge in [-0.1, -0.05) is 34.1 Å². The average molecular weight is 256 g/mol. The van der Waals surface area contributed by atoms with Gasteiger partial charge in [-0.2, -0.15) is 0 Å². The molecule has 0 aliphatic rings. The largest absolute Gasteiger partial charge is 0.312 e. The van der Waals surface area contributed by atoms with Gasteiger partial charge in [-0.25, -0.2) is 0 Å². The van der Waals surface area contributed by atoms with E-state index in [2.05, 4.69) is 51.8 Å². The Morgan fingerprint density at radius 2 is 1.50 bits per heavy atom. The van der Waals surface area contributed by atoms with Crippen LogP contribution in [0.4, 0.5) is 0 Å². The molecule has 2 nitrogen and oxygen atoms in total. The van der Waals surface area contributed by atoms with Crippen molar-refractivity contribution in [1.29, 1.82) is 0 Å². The Kier molecular flexibility index (Phi) is 10.8. The Morgan fingerprint density at radius 1 is 0.889 bits per heavy atom. The van der Waals surface area contributed by atoms with Crippen LogP contribution in [0.3, 0.4) is 0 Å². The van der Waals surface area contributed by atoms with Crippen molar-refractivity contribution in [3.05, 3.63) is 0 Å². The maximum Gasteiger partial charge on any atom is 0.0195 e. The fraction of sp³-hybridized carbons (Fsp3) is 1.00. The number of hydrogen-bond donors (Lipinski definition) is 1. The third-order valence-corrected chi connectivity index (χ3v) is 4.18. The topological polar surface area (TPSA) is 15.3 Å². The second-order valence-corrected chi connectivity index (χ2v) is 5.62. The highest BCUT2D eigenvalue weighted by Gasteiger charge is 2.18. The molecule has 0 bridgehead atoms. The van der Waals surface area contributed by atoms with Crippen LogP contribution >= 0.6 is 0 Å². The predicted octanol–water partition coefficient (Wildman–Crippen LogP) is 4.05. The molecule has 2 heteroatoms. The monoisotopic (exact) mass is 256 g/mol. The lowest BCUT2D eigenvalue weighted by Gasteiger charge is -2.35. The molecule has 0 aliphatic heterocycles. The second kappa shape index (κ2) is 10.8. The van der Waals surface area contributed by atoms with Crippen molar-refractivity contribution in [2.45, 2.75) is 91.8 Å². The summed E-state index contributed by atoms with van der Waals surface area (Å²) >= 11 is 0. The zero-order chi connectivity index (χ0) is 14.0. The number of hydrogen-bond acceptors (Lipinski definition) is 2. The molecule has 0 saturated carbocycles. The van der Waals surface area contributed by atoms with E-state index in [-0.39, 0.29) is 0 Å².